The Morgan fingerprint density at radius 1 is 1.26 bits per heavy atom. The van der Waals surface area contributed by atoms with E-state index in [0.29, 0.717) is 12.2 Å². The number of benzene rings is 2. The summed E-state index contributed by atoms with van der Waals surface area (Å²) in [5.41, 5.74) is 2.43. The molecular weight excluding hydrogens is 488 g/mol. The number of aryl methyl sites for hydroxylation is 1. The molecule has 0 radical (unpaired) electrons. The molecule has 3 fully saturated rings. The van der Waals surface area contributed by atoms with Crippen LogP contribution in [0.3, 0.4) is 0 Å². The van der Waals surface area contributed by atoms with Crippen LogP contribution >= 0.6 is 0 Å². The molecule has 39 heavy (non-hydrogen) atoms. The summed E-state index contributed by atoms with van der Waals surface area (Å²) in [4.78, 5) is 17.8. The van der Waals surface area contributed by atoms with Gasteiger partial charge in [-0.1, -0.05) is 37.5 Å². The topological polar surface area (TPSA) is 73.2 Å². The van der Waals surface area contributed by atoms with Crippen molar-refractivity contribution < 1.29 is 19.7 Å². The van der Waals surface area contributed by atoms with Gasteiger partial charge in [-0.05, 0) is 86.7 Å². The van der Waals surface area contributed by atoms with Gasteiger partial charge in [-0.15, -0.1) is 0 Å². The summed E-state index contributed by atoms with van der Waals surface area (Å²) in [7, 11) is 1.82. The van der Waals surface area contributed by atoms with E-state index in [2.05, 4.69) is 23.7 Å². The smallest absolute Gasteiger partial charge is 0.298 e. The van der Waals surface area contributed by atoms with E-state index in [1.165, 1.54) is 18.4 Å². The maximum atomic E-state index is 13.5. The van der Waals surface area contributed by atoms with Gasteiger partial charge in [0.25, 0.3) is 5.91 Å². The highest BCUT2D eigenvalue weighted by Gasteiger charge is 2.75. The van der Waals surface area contributed by atoms with Gasteiger partial charge in [-0.3, -0.25) is 9.69 Å². The van der Waals surface area contributed by atoms with Crippen LogP contribution in [-0.2, 0) is 16.6 Å². The second-order valence-corrected chi connectivity index (χ2v) is 12.6. The van der Waals surface area contributed by atoms with Crippen molar-refractivity contribution >= 4 is 5.91 Å². The molecule has 0 unspecified atom stereocenters. The number of ether oxygens (including phenoxy) is 1. The van der Waals surface area contributed by atoms with Crippen molar-refractivity contribution in [2.75, 3.05) is 20.1 Å². The number of carbonyl (C=O) groups is 1. The second-order valence-electron chi connectivity index (χ2n) is 12.6. The van der Waals surface area contributed by atoms with E-state index in [9.17, 15) is 15.0 Å². The molecule has 6 atom stereocenters. The van der Waals surface area contributed by atoms with Crippen LogP contribution in [0.15, 0.2) is 36.4 Å². The highest BCUT2D eigenvalue weighted by molar-refractivity contribution is 5.94. The van der Waals surface area contributed by atoms with E-state index in [1.54, 1.807) is 11.0 Å². The SMILES string of the molecule is CC[C@H]1C[C@H](N(C)C(=O)C#Cc2cccc(C)c2)[C@H]2Oc3c(O)ccc4c3[C@@]23CCN(CC2CC2)[C@H](C4)[C@]13O. The Bertz CT molecular complexity index is 1410. The first kappa shape index (κ1) is 25.0. The number of piperidine rings is 1. The molecule has 2 aliphatic heterocycles. The molecule has 2 saturated carbocycles. The van der Waals surface area contributed by atoms with Gasteiger partial charge in [0.2, 0.25) is 0 Å². The Kier molecular flexibility index (Phi) is 5.60. The average molecular weight is 527 g/mol. The number of amides is 1. The summed E-state index contributed by atoms with van der Waals surface area (Å²) >= 11 is 0. The van der Waals surface area contributed by atoms with Crippen LogP contribution in [0.5, 0.6) is 11.5 Å². The lowest BCUT2D eigenvalue weighted by atomic mass is 9.45. The van der Waals surface area contributed by atoms with Gasteiger partial charge >= 0.3 is 0 Å². The Labute approximate surface area is 231 Å². The zero-order chi connectivity index (χ0) is 27.1. The molecule has 3 aliphatic carbocycles. The first-order valence-electron chi connectivity index (χ1n) is 14.6. The predicted octanol–water partition coefficient (Wildman–Crippen LogP) is 3.78. The van der Waals surface area contributed by atoms with Crippen molar-refractivity contribution in [2.45, 2.75) is 81.6 Å². The fraction of sp³-hybridized carbons (Fsp3) is 0.545. The highest BCUT2D eigenvalue weighted by Crippen LogP contribution is 2.67. The third kappa shape index (κ3) is 3.45. The Hall–Kier alpha value is -3.01. The second kappa shape index (κ2) is 8.74. The molecule has 2 N–H and O–H groups in total. The highest BCUT2D eigenvalue weighted by atomic mass is 16.5. The number of carbonyl (C=O) groups excluding carboxylic acids is 1. The number of hydrogen-bond donors (Lipinski definition) is 2. The van der Waals surface area contributed by atoms with Gasteiger partial charge in [0, 0.05) is 36.7 Å². The fourth-order valence-corrected chi connectivity index (χ4v) is 8.62. The van der Waals surface area contributed by atoms with Gasteiger partial charge in [-0.2, -0.15) is 0 Å². The minimum Gasteiger partial charge on any atom is -0.504 e. The number of phenolic OH excluding ortho intramolecular Hbond substituents is 1. The number of phenols is 1. The van der Waals surface area contributed by atoms with Gasteiger partial charge in [0.1, 0.15) is 6.10 Å². The first-order valence-corrected chi connectivity index (χ1v) is 14.6. The molecule has 6 heteroatoms. The van der Waals surface area contributed by atoms with Crippen molar-refractivity contribution in [1.29, 1.82) is 0 Å². The van der Waals surface area contributed by atoms with E-state index >= 15 is 0 Å². The molecule has 2 heterocycles. The minimum atomic E-state index is -0.987. The largest absolute Gasteiger partial charge is 0.504 e. The third-order valence-electron chi connectivity index (χ3n) is 10.6. The lowest BCUT2D eigenvalue weighted by Gasteiger charge is -2.67. The molecule has 6 nitrogen and oxygen atoms in total. The molecular formula is C33H38N2O4. The predicted molar refractivity (Wildman–Crippen MR) is 149 cm³/mol. The lowest BCUT2D eigenvalue weighted by molar-refractivity contribution is -0.228. The summed E-state index contributed by atoms with van der Waals surface area (Å²) in [5, 5.41) is 24.0. The number of likely N-dealkylation sites (tertiary alicyclic amines) is 1. The van der Waals surface area contributed by atoms with Crippen LogP contribution in [0, 0.1) is 30.6 Å². The Morgan fingerprint density at radius 2 is 2.08 bits per heavy atom. The van der Waals surface area contributed by atoms with E-state index in [1.807, 2.05) is 44.3 Å². The zero-order valence-electron chi connectivity index (χ0n) is 23.1. The molecule has 5 aliphatic rings. The van der Waals surface area contributed by atoms with Crippen LogP contribution in [0.4, 0.5) is 0 Å². The van der Waals surface area contributed by atoms with Gasteiger partial charge in [-0.25, -0.2) is 0 Å². The Morgan fingerprint density at radius 3 is 2.82 bits per heavy atom. The van der Waals surface area contributed by atoms with E-state index in [-0.39, 0.29) is 29.7 Å². The van der Waals surface area contributed by atoms with Crippen LogP contribution in [0.25, 0.3) is 0 Å². The quantitative estimate of drug-likeness (QED) is 0.594. The van der Waals surface area contributed by atoms with Gasteiger partial charge in [0.05, 0.1) is 17.1 Å². The third-order valence-corrected chi connectivity index (χ3v) is 10.6. The number of aliphatic hydroxyl groups is 1. The number of rotatable bonds is 4. The first-order chi connectivity index (χ1) is 18.8. The molecule has 204 valence electrons. The molecule has 2 aromatic rings. The van der Waals surface area contributed by atoms with Crippen LogP contribution in [0.2, 0.25) is 0 Å². The molecule has 1 saturated heterocycles. The van der Waals surface area contributed by atoms with Crippen molar-refractivity contribution in [2.24, 2.45) is 11.8 Å². The minimum absolute atomic E-state index is 0.00390. The van der Waals surface area contributed by atoms with Crippen LogP contribution in [0.1, 0.15) is 61.3 Å². The van der Waals surface area contributed by atoms with Crippen molar-refractivity contribution in [3.8, 4) is 23.3 Å². The Balaban J connectivity index is 1.31. The van der Waals surface area contributed by atoms with Crippen LogP contribution in [-0.4, -0.2) is 69.8 Å². The molecule has 1 spiro atoms. The number of aromatic hydroxyl groups is 1. The summed E-state index contributed by atoms with van der Waals surface area (Å²) in [6.45, 7) is 6.11. The number of hydrogen-bond acceptors (Lipinski definition) is 5. The van der Waals surface area contributed by atoms with E-state index in [4.69, 9.17) is 4.74 Å². The van der Waals surface area contributed by atoms with Crippen molar-refractivity contribution in [1.82, 2.24) is 9.80 Å². The number of likely N-dealkylation sites (N-methyl/N-ethyl adjacent to an activating group) is 1. The summed E-state index contributed by atoms with van der Waals surface area (Å²) in [5.74, 6) is 7.03. The average Bonchev–Trinajstić information content (AvgIpc) is 3.67. The summed E-state index contributed by atoms with van der Waals surface area (Å²) in [6, 6.07) is 11.4. The van der Waals surface area contributed by atoms with Crippen molar-refractivity contribution in [3.05, 3.63) is 58.7 Å². The molecule has 2 bridgehead atoms. The number of nitrogens with zero attached hydrogens (tertiary/aromatic N) is 2. The monoisotopic (exact) mass is 526 g/mol. The zero-order valence-corrected chi connectivity index (χ0v) is 23.1. The molecule has 7 rings (SSSR count). The lowest BCUT2D eigenvalue weighted by Crippen LogP contribution is -2.81. The fourth-order valence-electron chi connectivity index (χ4n) is 8.62. The van der Waals surface area contributed by atoms with Gasteiger partial charge < -0.3 is 19.8 Å². The maximum absolute atomic E-state index is 13.5. The van der Waals surface area contributed by atoms with E-state index < -0.39 is 17.1 Å². The van der Waals surface area contributed by atoms with E-state index in [0.717, 1.165) is 55.0 Å². The molecule has 1 amide bonds. The standard InChI is InChI=1S/C33H38N2O4/c1-4-24-18-25(34(3)28(37)13-10-21-7-5-6-20(2)16-21)31-32-14-15-35(19-22-8-9-22)27(33(24,32)38)17-23-11-12-26(36)30(39-31)29(23)32/h5-7,11-12,16,22,24-25,27,31,36,38H,4,8-9,14-15,17-19H2,1-3H3/t24-,25-,27+,31+,32-,33+/m0/s1. The maximum Gasteiger partial charge on any atom is 0.298 e. The molecule has 2 aromatic carbocycles. The van der Waals surface area contributed by atoms with Crippen molar-refractivity contribution in [3.63, 3.8) is 0 Å². The molecule has 0 aromatic heterocycles. The summed E-state index contributed by atoms with van der Waals surface area (Å²) in [6.07, 6.45) is 5.10. The van der Waals surface area contributed by atoms with Gasteiger partial charge in [0.15, 0.2) is 11.5 Å². The normalized spacial score (nSPS) is 33.9. The van der Waals surface area contributed by atoms with Crippen LogP contribution < -0.4 is 4.74 Å². The summed E-state index contributed by atoms with van der Waals surface area (Å²) < 4.78 is 6.69.